The van der Waals surface area contributed by atoms with Crippen LogP contribution in [0.1, 0.15) is 97.8 Å². The summed E-state index contributed by atoms with van der Waals surface area (Å²) in [5, 5.41) is 0. The molecule has 0 aliphatic rings. The van der Waals surface area contributed by atoms with Gasteiger partial charge in [-0.25, -0.2) is 0 Å². The van der Waals surface area contributed by atoms with Gasteiger partial charge >= 0.3 is 0 Å². The molecular weight excluding hydrogens is 248 g/mol. The average molecular weight is 286 g/mol. The van der Waals surface area contributed by atoms with Gasteiger partial charge in [-0.2, -0.15) is 0 Å². The highest BCUT2D eigenvalue weighted by atomic mass is 16.7. The van der Waals surface area contributed by atoms with Crippen molar-refractivity contribution in [1.29, 1.82) is 0 Å². The minimum Gasteiger partial charge on any atom is -0.353 e. The summed E-state index contributed by atoms with van der Waals surface area (Å²) in [6.07, 6.45) is 15.0. The van der Waals surface area contributed by atoms with E-state index in [1.54, 1.807) is 0 Å². The zero-order valence-corrected chi connectivity index (χ0v) is 14.5. The maximum atomic E-state index is 6.05. The molecule has 20 heavy (non-hydrogen) atoms. The van der Waals surface area contributed by atoms with Gasteiger partial charge in [-0.05, 0) is 19.3 Å². The van der Waals surface area contributed by atoms with Crippen molar-refractivity contribution in [2.45, 2.75) is 104 Å². The molecule has 0 N–H and O–H groups in total. The Balaban J connectivity index is 3.94. The number of hydrogen-bond donors (Lipinski definition) is 0. The summed E-state index contributed by atoms with van der Waals surface area (Å²) < 4.78 is 11.8. The fourth-order valence-corrected chi connectivity index (χ4v) is 2.62. The molecule has 0 aromatic carbocycles. The second-order valence-corrected chi connectivity index (χ2v) is 5.94. The van der Waals surface area contributed by atoms with E-state index in [9.17, 15) is 0 Å². The Bertz CT molecular complexity index is 184. The van der Waals surface area contributed by atoms with Crippen molar-refractivity contribution in [2.75, 3.05) is 13.7 Å². The lowest BCUT2D eigenvalue weighted by atomic mass is 10.00. The Hall–Kier alpha value is -0.0800. The van der Waals surface area contributed by atoms with Crippen LogP contribution in [0.25, 0.3) is 0 Å². The van der Waals surface area contributed by atoms with Crippen molar-refractivity contribution in [1.82, 2.24) is 0 Å². The molecule has 122 valence electrons. The van der Waals surface area contributed by atoms with Crippen LogP contribution in [0.5, 0.6) is 0 Å². The van der Waals surface area contributed by atoms with Crippen molar-refractivity contribution < 1.29 is 9.47 Å². The Kier molecular flexibility index (Phi) is 13.8. The lowest BCUT2D eigenvalue weighted by Gasteiger charge is -2.32. The fourth-order valence-electron chi connectivity index (χ4n) is 2.62. The number of unbranched alkanes of at least 4 members (excludes halogenated alkanes) is 7. The third-order valence-corrected chi connectivity index (χ3v) is 4.01. The summed E-state index contributed by atoms with van der Waals surface area (Å²) in [5.41, 5.74) is 0. The lowest BCUT2D eigenvalue weighted by molar-refractivity contribution is -0.232. The predicted molar refractivity (Wildman–Crippen MR) is 88.1 cm³/mol. The smallest absolute Gasteiger partial charge is 0.167 e. The van der Waals surface area contributed by atoms with Gasteiger partial charge in [0.15, 0.2) is 5.79 Å². The van der Waals surface area contributed by atoms with Gasteiger partial charge in [-0.3, -0.25) is 0 Å². The summed E-state index contributed by atoms with van der Waals surface area (Å²) in [7, 11) is 1.81. The first kappa shape index (κ1) is 19.9. The van der Waals surface area contributed by atoms with Crippen LogP contribution in [0.3, 0.4) is 0 Å². The topological polar surface area (TPSA) is 18.5 Å². The van der Waals surface area contributed by atoms with E-state index in [-0.39, 0.29) is 5.79 Å². The Morgan fingerprint density at radius 2 is 1.20 bits per heavy atom. The van der Waals surface area contributed by atoms with Gasteiger partial charge in [0, 0.05) is 26.6 Å². The monoisotopic (exact) mass is 286 g/mol. The van der Waals surface area contributed by atoms with Gasteiger partial charge in [0.05, 0.1) is 0 Å². The molecule has 0 fully saturated rings. The van der Waals surface area contributed by atoms with Crippen molar-refractivity contribution in [3.05, 3.63) is 0 Å². The first-order chi connectivity index (χ1) is 9.74. The van der Waals surface area contributed by atoms with E-state index >= 15 is 0 Å². The molecule has 0 aromatic heterocycles. The molecule has 0 saturated heterocycles. The van der Waals surface area contributed by atoms with E-state index in [2.05, 4.69) is 20.8 Å². The molecule has 0 spiro atoms. The van der Waals surface area contributed by atoms with Crippen molar-refractivity contribution in [2.24, 2.45) is 0 Å². The maximum Gasteiger partial charge on any atom is 0.167 e. The van der Waals surface area contributed by atoms with Crippen LogP contribution >= 0.6 is 0 Å². The highest BCUT2D eigenvalue weighted by Gasteiger charge is 2.29. The maximum absolute atomic E-state index is 6.05. The van der Waals surface area contributed by atoms with Gasteiger partial charge in [-0.15, -0.1) is 0 Å². The molecule has 0 aliphatic heterocycles. The Labute approximate surface area is 127 Å². The molecule has 0 aliphatic carbocycles. The average Bonchev–Trinajstić information content (AvgIpc) is 2.48. The standard InChI is InChI=1S/C18H38O2/c1-5-8-10-11-12-13-14-16-18(19-4,15-9-6-2)20-17-7-3/h5-17H2,1-4H3. The second kappa shape index (κ2) is 13.9. The number of methoxy groups -OCH3 is 1. The number of hydrogen-bond acceptors (Lipinski definition) is 2. The summed E-state index contributed by atoms with van der Waals surface area (Å²) >= 11 is 0. The van der Waals surface area contributed by atoms with Gasteiger partial charge in [0.2, 0.25) is 0 Å². The van der Waals surface area contributed by atoms with Crippen molar-refractivity contribution in [3.63, 3.8) is 0 Å². The molecule has 1 atom stereocenters. The van der Waals surface area contributed by atoms with Gasteiger partial charge in [0.25, 0.3) is 0 Å². The molecule has 2 heteroatoms. The fraction of sp³-hybridized carbons (Fsp3) is 1.00. The summed E-state index contributed by atoms with van der Waals surface area (Å²) in [6.45, 7) is 7.47. The molecule has 0 rings (SSSR count). The van der Waals surface area contributed by atoms with E-state index < -0.39 is 0 Å². The Morgan fingerprint density at radius 3 is 1.75 bits per heavy atom. The second-order valence-electron chi connectivity index (χ2n) is 5.94. The number of ether oxygens (including phenoxy) is 2. The quantitative estimate of drug-likeness (QED) is 0.268. The largest absolute Gasteiger partial charge is 0.353 e. The van der Waals surface area contributed by atoms with Crippen LogP contribution in [0.15, 0.2) is 0 Å². The third-order valence-electron chi connectivity index (χ3n) is 4.01. The van der Waals surface area contributed by atoms with Crippen LogP contribution in [-0.2, 0) is 9.47 Å². The molecule has 0 heterocycles. The van der Waals surface area contributed by atoms with E-state index in [0.29, 0.717) is 0 Å². The molecule has 0 saturated carbocycles. The van der Waals surface area contributed by atoms with E-state index in [1.165, 1.54) is 57.8 Å². The van der Waals surface area contributed by atoms with Crippen LogP contribution in [0.2, 0.25) is 0 Å². The highest BCUT2D eigenvalue weighted by Crippen LogP contribution is 2.27. The van der Waals surface area contributed by atoms with E-state index in [4.69, 9.17) is 9.47 Å². The zero-order chi connectivity index (χ0) is 15.1. The zero-order valence-electron chi connectivity index (χ0n) is 14.5. The highest BCUT2D eigenvalue weighted by molar-refractivity contribution is 4.70. The molecular formula is C18H38O2. The molecule has 0 aromatic rings. The van der Waals surface area contributed by atoms with Gasteiger partial charge in [-0.1, -0.05) is 65.7 Å². The Morgan fingerprint density at radius 1 is 0.650 bits per heavy atom. The normalized spacial score (nSPS) is 14.4. The van der Waals surface area contributed by atoms with Crippen LogP contribution in [0.4, 0.5) is 0 Å². The van der Waals surface area contributed by atoms with E-state index in [1.807, 2.05) is 7.11 Å². The molecule has 0 radical (unpaired) electrons. The minimum atomic E-state index is -0.310. The summed E-state index contributed by atoms with van der Waals surface area (Å²) in [6, 6.07) is 0. The first-order valence-corrected chi connectivity index (χ1v) is 8.93. The van der Waals surface area contributed by atoms with Crippen LogP contribution < -0.4 is 0 Å². The molecule has 1 unspecified atom stereocenters. The van der Waals surface area contributed by atoms with E-state index in [0.717, 1.165) is 25.9 Å². The summed E-state index contributed by atoms with van der Waals surface area (Å²) in [4.78, 5) is 0. The first-order valence-electron chi connectivity index (χ1n) is 8.93. The summed E-state index contributed by atoms with van der Waals surface area (Å²) in [5.74, 6) is -0.310. The third kappa shape index (κ3) is 9.77. The van der Waals surface area contributed by atoms with Gasteiger partial charge in [0.1, 0.15) is 0 Å². The SMILES string of the molecule is CCCCCCCCCC(CCCC)(OC)OCCC. The molecule has 0 bridgehead atoms. The van der Waals surface area contributed by atoms with Crippen molar-refractivity contribution >= 4 is 0 Å². The van der Waals surface area contributed by atoms with Gasteiger partial charge < -0.3 is 9.47 Å². The van der Waals surface area contributed by atoms with Crippen molar-refractivity contribution in [3.8, 4) is 0 Å². The minimum absolute atomic E-state index is 0.310. The van der Waals surface area contributed by atoms with Crippen LogP contribution in [0, 0.1) is 0 Å². The molecule has 2 nitrogen and oxygen atoms in total. The number of rotatable bonds is 15. The molecule has 0 amide bonds. The lowest BCUT2D eigenvalue weighted by Crippen LogP contribution is -2.35. The van der Waals surface area contributed by atoms with Crippen LogP contribution in [-0.4, -0.2) is 19.5 Å². The predicted octanol–water partition coefficient (Wildman–Crippen LogP) is 6.09.